The van der Waals surface area contributed by atoms with Gasteiger partial charge in [0.2, 0.25) is 0 Å². The minimum Gasteiger partial charge on any atom is -0.496 e. The SMILES string of the molecule is COc1ccccc1C1=COC2CC(OC(=O)c3c(C)cc(C)cc3C)CCC2C1=O. The number of hydrogen-bond acceptors (Lipinski definition) is 5. The summed E-state index contributed by atoms with van der Waals surface area (Å²) >= 11 is 0. The molecule has 4 rings (SSSR count). The molecule has 0 saturated heterocycles. The van der Waals surface area contributed by atoms with E-state index in [2.05, 4.69) is 0 Å². The number of rotatable bonds is 4. The summed E-state index contributed by atoms with van der Waals surface area (Å²) in [4.78, 5) is 26.0. The fourth-order valence-electron chi connectivity index (χ4n) is 4.84. The van der Waals surface area contributed by atoms with Crippen molar-refractivity contribution in [1.82, 2.24) is 0 Å². The van der Waals surface area contributed by atoms with Crippen molar-refractivity contribution in [2.75, 3.05) is 7.11 Å². The van der Waals surface area contributed by atoms with Crippen LogP contribution in [0.5, 0.6) is 5.75 Å². The fourth-order valence-corrected chi connectivity index (χ4v) is 4.84. The fraction of sp³-hybridized carbons (Fsp3) is 0.385. The summed E-state index contributed by atoms with van der Waals surface area (Å²) < 4.78 is 17.2. The molecule has 0 N–H and O–H groups in total. The van der Waals surface area contributed by atoms with E-state index >= 15 is 0 Å². The van der Waals surface area contributed by atoms with Crippen molar-refractivity contribution in [2.45, 2.75) is 52.2 Å². The van der Waals surface area contributed by atoms with Crippen LogP contribution in [0, 0.1) is 26.7 Å². The van der Waals surface area contributed by atoms with Gasteiger partial charge in [0.15, 0.2) is 5.78 Å². The van der Waals surface area contributed by atoms with Gasteiger partial charge in [0.05, 0.1) is 30.4 Å². The minimum atomic E-state index is -0.300. The number of aryl methyl sites for hydroxylation is 3. The summed E-state index contributed by atoms with van der Waals surface area (Å²) in [6, 6.07) is 11.4. The molecule has 2 aromatic rings. The van der Waals surface area contributed by atoms with Gasteiger partial charge >= 0.3 is 5.97 Å². The molecule has 2 aliphatic rings. The standard InChI is InChI=1S/C26H28O5/c1-15-11-16(2)24(17(3)12-15)26(28)31-18-9-10-20-23(13-18)30-14-21(25(20)27)19-7-5-6-8-22(19)29-4/h5-8,11-12,14,18,20,23H,9-10,13H2,1-4H3. The van der Waals surface area contributed by atoms with E-state index in [1.54, 1.807) is 13.4 Å². The van der Waals surface area contributed by atoms with Gasteiger partial charge in [-0.15, -0.1) is 0 Å². The average molecular weight is 421 g/mol. The van der Waals surface area contributed by atoms with Gasteiger partial charge in [0.25, 0.3) is 0 Å². The predicted octanol–water partition coefficient (Wildman–Crippen LogP) is 4.95. The van der Waals surface area contributed by atoms with E-state index in [4.69, 9.17) is 14.2 Å². The average Bonchev–Trinajstić information content (AvgIpc) is 2.73. The predicted molar refractivity (Wildman–Crippen MR) is 118 cm³/mol. The molecule has 2 aromatic carbocycles. The second-order valence-electron chi connectivity index (χ2n) is 8.49. The number of carbonyl (C=O) groups is 2. The molecule has 1 aliphatic heterocycles. The third-order valence-electron chi connectivity index (χ3n) is 6.26. The third-order valence-corrected chi connectivity index (χ3v) is 6.26. The number of hydrogen-bond donors (Lipinski definition) is 0. The van der Waals surface area contributed by atoms with Crippen LogP contribution in [0.3, 0.4) is 0 Å². The van der Waals surface area contributed by atoms with Crippen molar-refractivity contribution in [1.29, 1.82) is 0 Å². The Balaban J connectivity index is 1.48. The van der Waals surface area contributed by atoms with Crippen molar-refractivity contribution >= 4 is 17.3 Å². The molecule has 1 fully saturated rings. The van der Waals surface area contributed by atoms with E-state index in [0.717, 1.165) is 22.3 Å². The lowest BCUT2D eigenvalue weighted by Crippen LogP contribution is -2.42. The van der Waals surface area contributed by atoms with E-state index < -0.39 is 0 Å². The molecule has 31 heavy (non-hydrogen) atoms. The molecule has 0 bridgehead atoms. The number of fused-ring (bicyclic) bond motifs is 1. The zero-order valence-corrected chi connectivity index (χ0v) is 18.4. The van der Waals surface area contributed by atoms with Gasteiger partial charge in [-0.25, -0.2) is 4.79 Å². The lowest BCUT2D eigenvalue weighted by Gasteiger charge is -2.37. The number of Topliss-reactive ketones (excluding diaryl/α,β-unsaturated/α-hetero) is 1. The molecule has 1 aliphatic carbocycles. The number of para-hydroxylation sites is 1. The number of esters is 1. The molecule has 0 radical (unpaired) electrons. The van der Waals surface area contributed by atoms with E-state index in [-0.39, 0.29) is 29.9 Å². The molecule has 5 nitrogen and oxygen atoms in total. The van der Waals surface area contributed by atoms with Gasteiger partial charge in [-0.1, -0.05) is 35.9 Å². The van der Waals surface area contributed by atoms with Crippen molar-refractivity contribution in [3.8, 4) is 5.75 Å². The van der Waals surface area contributed by atoms with E-state index in [1.807, 2.05) is 57.2 Å². The first kappa shape index (κ1) is 21.2. The van der Waals surface area contributed by atoms with Crippen molar-refractivity contribution in [2.24, 2.45) is 5.92 Å². The summed E-state index contributed by atoms with van der Waals surface area (Å²) in [5.74, 6) is 0.180. The number of ether oxygens (including phenoxy) is 3. The molecule has 162 valence electrons. The normalized spacial score (nSPS) is 22.8. The number of allylic oxidation sites excluding steroid dienone is 1. The molecule has 5 heteroatoms. The summed E-state index contributed by atoms with van der Waals surface area (Å²) in [6.07, 6.45) is 2.78. The van der Waals surface area contributed by atoms with Crippen LogP contribution in [-0.2, 0) is 14.3 Å². The van der Waals surface area contributed by atoms with Crippen LogP contribution >= 0.6 is 0 Å². The van der Waals surface area contributed by atoms with Gasteiger partial charge < -0.3 is 14.2 Å². The molecular formula is C26H28O5. The Labute approximate surface area is 183 Å². The smallest absolute Gasteiger partial charge is 0.338 e. The van der Waals surface area contributed by atoms with Crippen molar-refractivity contribution in [3.05, 3.63) is 70.5 Å². The Morgan fingerprint density at radius 2 is 1.77 bits per heavy atom. The maximum Gasteiger partial charge on any atom is 0.338 e. The van der Waals surface area contributed by atoms with Crippen LogP contribution in [0.15, 0.2) is 42.7 Å². The van der Waals surface area contributed by atoms with Gasteiger partial charge in [0.1, 0.15) is 18.0 Å². The molecule has 0 amide bonds. The summed E-state index contributed by atoms with van der Waals surface area (Å²) in [7, 11) is 1.59. The molecule has 0 spiro atoms. The van der Waals surface area contributed by atoms with Crippen LogP contribution in [-0.4, -0.2) is 31.1 Å². The highest BCUT2D eigenvalue weighted by molar-refractivity contribution is 6.22. The zero-order chi connectivity index (χ0) is 22.1. The lowest BCUT2D eigenvalue weighted by molar-refractivity contribution is -0.126. The maximum atomic E-state index is 13.2. The number of methoxy groups -OCH3 is 1. The zero-order valence-electron chi connectivity index (χ0n) is 18.4. The summed E-state index contributed by atoms with van der Waals surface area (Å²) in [5, 5.41) is 0. The first-order valence-corrected chi connectivity index (χ1v) is 10.7. The highest BCUT2D eigenvalue weighted by Gasteiger charge is 2.42. The van der Waals surface area contributed by atoms with Gasteiger partial charge in [0, 0.05) is 12.0 Å². The van der Waals surface area contributed by atoms with Crippen LogP contribution in [0.25, 0.3) is 5.57 Å². The van der Waals surface area contributed by atoms with E-state index in [9.17, 15) is 9.59 Å². The Morgan fingerprint density at radius 1 is 1.06 bits per heavy atom. The summed E-state index contributed by atoms with van der Waals surface area (Å²) in [6.45, 7) is 5.88. The van der Waals surface area contributed by atoms with Crippen molar-refractivity contribution < 1.29 is 23.8 Å². The molecule has 3 unspecified atom stereocenters. The maximum absolute atomic E-state index is 13.2. The van der Waals surface area contributed by atoms with Crippen LogP contribution in [0.1, 0.15) is 51.9 Å². The topological polar surface area (TPSA) is 61.8 Å². The van der Waals surface area contributed by atoms with Crippen molar-refractivity contribution in [3.63, 3.8) is 0 Å². The van der Waals surface area contributed by atoms with Gasteiger partial charge in [-0.2, -0.15) is 0 Å². The summed E-state index contributed by atoms with van der Waals surface area (Å²) in [5.41, 5.74) is 4.88. The molecule has 0 aromatic heterocycles. The Hall–Kier alpha value is -3.08. The second kappa shape index (κ2) is 8.58. The second-order valence-corrected chi connectivity index (χ2v) is 8.49. The number of ketones is 1. The van der Waals surface area contributed by atoms with Gasteiger partial charge in [-0.3, -0.25) is 4.79 Å². The van der Waals surface area contributed by atoms with Crippen LogP contribution in [0.4, 0.5) is 0 Å². The Morgan fingerprint density at radius 3 is 2.48 bits per heavy atom. The van der Waals surface area contributed by atoms with Crippen LogP contribution in [0.2, 0.25) is 0 Å². The molecule has 1 saturated carbocycles. The van der Waals surface area contributed by atoms with E-state index in [0.29, 0.717) is 36.1 Å². The van der Waals surface area contributed by atoms with Gasteiger partial charge in [-0.05, 0) is 50.8 Å². The first-order valence-electron chi connectivity index (χ1n) is 10.7. The minimum absolute atomic E-state index is 0.0655. The first-order chi connectivity index (χ1) is 14.9. The molecule has 1 heterocycles. The third kappa shape index (κ3) is 4.09. The molecule has 3 atom stereocenters. The largest absolute Gasteiger partial charge is 0.496 e. The number of benzene rings is 2. The van der Waals surface area contributed by atoms with E-state index in [1.165, 1.54) is 0 Å². The highest BCUT2D eigenvalue weighted by Crippen LogP contribution is 2.39. The quantitative estimate of drug-likeness (QED) is 0.655. The highest BCUT2D eigenvalue weighted by atomic mass is 16.5. The Kier molecular flexibility index (Phi) is 5.86. The molecular weight excluding hydrogens is 392 g/mol. The Bertz CT molecular complexity index is 1030. The monoisotopic (exact) mass is 420 g/mol. The number of carbonyl (C=O) groups excluding carboxylic acids is 2. The van der Waals surface area contributed by atoms with Crippen LogP contribution < -0.4 is 4.74 Å². The lowest BCUT2D eigenvalue weighted by atomic mass is 9.77.